The van der Waals surface area contributed by atoms with E-state index in [1.807, 2.05) is 13.2 Å². The van der Waals surface area contributed by atoms with E-state index in [1.165, 1.54) is 0 Å². The van der Waals surface area contributed by atoms with E-state index in [-0.39, 0.29) is 5.75 Å². The standard InChI is InChI=1S/C11H13N3OS/c1-14-6-10(5-13-14)16-7-8-4-9(12)2-3-11(8)15/h2-6,15H,7,12H2,1H3. The highest BCUT2D eigenvalue weighted by molar-refractivity contribution is 7.98. The summed E-state index contributed by atoms with van der Waals surface area (Å²) in [6.07, 6.45) is 3.74. The van der Waals surface area contributed by atoms with E-state index in [0.29, 0.717) is 11.4 Å². The largest absolute Gasteiger partial charge is 0.508 e. The molecule has 1 heterocycles. The molecule has 0 unspecified atom stereocenters. The topological polar surface area (TPSA) is 64.1 Å². The van der Waals surface area contributed by atoms with Gasteiger partial charge >= 0.3 is 0 Å². The van der Waals surface area contributed by atoms with Gasteiger partial charge < -0.3 is 10.8 Å². The van der Waals surface area contributed by atoms with Crippen molar-refractivity contribution >= 4 is 17.4 Å². The first-order valence-corrected chi connectivity index (χ1v) is 5.82. The van der Waals surface area contributed by atoms with Crippen LogP contribution in [0.25, 0.3) is 0 Å². The molecule has 5 heteroatoms. The van der Waals surface area contributed by atoms with Crippen molar-refractivity contribution in [3.8, 4) is 5.75 Å². The predicted octanol–water partition coefficient (Wildman–Crippen LogP) is 2.00. The average molecular weight is 235 g/mol. The highest BCUT2D eigenvalue weighted by Crippen LogP contribution is 2.28. The van der Waals surface area contributed by atoms with Gasteiger partial charge in [0.15, 0.2) is 0 Å². The summed E-state index contributed by atoms with van der Waals surface area (Å²) in [6.45, 7) is 0. The Kier molecular flexibility index (Phi) is 3.05. The molecule has 0 aliphatic rings. The van der Waals surface area contributed by atoms with E-state index in [4.69, 9.17) is 5.73 Å². The van der Waals surface area contributed by atoms with Crippen LogP contribution in [0.3, 0.4) is 0 Å². The molecule has 3 N–H and O–H groups in total. The van der Waals surface area contributed by atoms with Crippen LogP contribution >= 0.6 is 11.8 Å². The molecule has 0 amide bonds. The highest BCUT2D eigenvalue weighted by Gasteiger charge is 2.03. The maximum atomic E-state index is 9.63. The molecule has 0 radical (unpaired) electrons. The molecule has 2 aromatic rings. The van der Waals surface area contributed by atoms with Gasteiger partial charge in [0.2, 0.25) is 0 Å². The number of nitrogen functional groups attached to an aromatic ring is 1. The third-order valence-electron chi connectivity index (χ3n) is 2.18. The summed E-state index contributed by atoms with van der Waals surface area (Å²) in [5, 5.41) is 13.7. The Morgan fingerprint density at radius 2 is 2.31 bits per heavy atom. The van der Waals surface area contributed by atoms with Crippen molar-refractivity contribution in [3.63, 3.8) is 0 Å². The first kappa shape index (κ1) is 10.9. The second-order valence-corrected chi connectivity index (χ2v) is 4.58. The van der Waals surface area contributed by atoms with E-state index in [2.05, 4.69) is 5.10 Å². The van der Waals surface area contributed by atoms with Gasteiger partial charge in [0.05, 0.1) is 6.20 Å². The zero-order chi connectivity index (χ0) is 11.5. The maximum Gasteiger partial charge on any atom is 0.119 e. The fraction of sp³-hybridized carbons (Fsp3) is 0.182. The van der Waals surface area contributed by atoms with Gasteiger partial charge in [-0.25, -0.2) is 0 Å². The number of aryl methyl sites for hydroxylation is 1. The lowest BCUT2D eigenvalue weighted by Crippen LogP contribution is -1.88. The van der Waals surface area contributed by atoms with Crippen LogP contribution in [0.2, 0.25) is 0 Å². The molecule has 0 bridgehead atoms. The Bertz CT molecular complexity index is 496. The van der Waals surface area contributed by atoms with Crippen molar-refractivity contribution in [2.45, 2.75) is 10.6 Å². The molecule has 0 spiro atoms. The van der Waals surface area contributed by atoms with E-state index in [0.717, 1.165) is 10.5 Å². The lowest BCUT2D eigenvalue weighted by atomic mass is 10.2. The van der Waals surface area contributed by atoms with Crippen molar-refractivity contribution in [1.82, 2.24) is 9.78 Å². The molecule has 0 atom stereocenters. The normalized spacial score (nSPS) is 10.6. The summed E-state index contributed by atoms with van der Waals surface area (Å²) >= 11 is 1.62. The Morgan fingerprint density at radius 3 is 3.00 bits per heavy atom. The molecular weight excluding hydrogens is 222 g/mol. The Labute approximate surface area is 98.1 Å². The molecule has 0 saturated carbocycles. The predicted molar refractivity (Wildman–Crippen MR) is 65.3 cm³/mol. The Hall–Kier alpha value is -1.62. The van der Waals surface area contributed by atoms with Crippen LogP contribution in [0.5, 0.6) is 5.75 Å². The van der Waals surface area contributed by atoms with Crippen LogP contribution in [0.4, 0.5) is 5.69 Å². The highest BCUT2D eigenvalue weighted by atomic mass is 32.2. The molecule has 2 rings (SSSR count). The number of aromatic hydroxyl groups is 1. The van der Waals surface area contributed by atoms with E-state index < -0.39 is 0 Å². The summed E-state index contributed by atoms with van der Waals surface area (Å²) in [4.78, 5) is 1.07. The summed E-state index contributed by atoms with van der Waals surface area (Å²) in [5.74, 6) is 0.966. The number of phenols is 1. The van der Waals surface area contributed by atoms with Crippen molar-refractivity contribution in [2.24, 2.45) is 7.05 Å². The second kappa shape index (κ2) is 4.49. The Morgan fingerprint density at radius 1 is 1.50 bits per heavy atom. The van der Waals surface area contributed by atoms with Crippen molar-refractivity contribution in [1.29, 1.82) is 0 Å². The van der Waals surface area contributed by atoms with Crippen molar-refractivity contribution < 1.29 is 5.11 Å². The molecule has 1 aromatic carbocycles. The minimum absolute atomic E-state index is 0.283. The van der Waals surface area contributed by atoms with E-state index in [9.17, 15) is 5.11 Å². The lowest BCUT2D eigenvalue weighted by Gasteiger charge is -2.04. The first-order valence-electron chi connectivity index (χ1n) is 4.84. The SMILES string of the molecule is Cn1cc(SCc2cc(N)ccc2O)cn1. The van der Waals surface area contributed by atoms with Gasteiger partial charge in [0, 0.05) is 35.1 Å². The van der Waals surface area contributed by atoms with Crippen LogP contribution in [0.15, 0.2) is 35.5 Å². The molecule has 0 aliphatic heterocycles. The second-order valence-electron chi connectivity index (χ2n) is 3.53. The van der Waals surface area contributed by atoms with Crippen LogP contribution in [0.1, 0.15) is 5.56 Å². The zero-order valence-corrected chi connectivity index (χ0v) is 9.74. The van der Waals surface area contributed by atoms with Gasteiger partial charge in [-0.05, 0) is 18.2 Å². The third kappa shape index (κ3) is 2.49. The molecule has 1 aromatic heterocycles. The van der Waals surface area contributed by atoms with Crippen LogP contribution in [0, 0.1) is 0 Å². The first-order chi connectivity index (χ1) is 7.65. The number of hydrogen-bond acceptors (Lipinski definition) is 4. The van der Waals surface area contributed by atoms with Gasteiger partial charge in [0.25, 0.3) is 0 Å². The number of aromatic nitrogens is 2. The monoisotopic (exact) mass is 235 g/mol. The van der Waals surface area contributed by atoms with Gasteiger partial charge in [0.1, 0.15) is 5.75 Å². The third-order valence-corrected chi connectivity index (χ3v) is 3.18. The van der Waals surface area contributed by atoms with E-state index in [1.54, 1.807) is 40.8 Å². The minimum atomic E-state index is 0.283. The fourth-order valence-electron chi connectivity index (χ4n) is 1.36. The molecular formula is C11H13N3OS. The number of nitrogens with zero attached hydrogens (tertiary/aromatic N) is 2. The summed E-state index contributed by atoms with van der Waals surface area (Å²) in [7, 11) is 1.88. The van der Waals surface area contributed by atoms with Crippen LogP contribution < -0.4 is 5.73 Å². The quantitative estimate of drug-likeness (QED) is 0.485. The Balaban J connectivity index is 2.07. The molecule has 0 aliphatic carbocycles. The number of anilines is 1. The van der Waals surface area contributed by atoms with Gasteiger partial charge in [-0.3, -0.25) is 4.68 Å². The lowest BCUT2D eigenvalue weighted by molar-refractivity contribution is 0.471. The summed E-state index contributed by atoms with van der Waals surface area (Å²) < 4.78 is 1.75. The minimum Gasteiger partial charge on any atom is -0.508 e. The zero-order valence-electron chi connectivity index (χ0n) is 8.92. The number of hydrogen-bond donors (Lipinski definition) is 2. The average Bonchev–Trinajstić information content (AvgIpc) is 2.66. The number of phenolic OH excluding ortho intramolecular Hbond substituents is 1. The number of rotatable bonds is 3. The van der Waals surface area contributed by atoms with Crippen molar-refractivity contribution in [2.75, 3.05) is 5.73 Å². The summed E-state index contributed by atoms with van der Waals surface area (Å²) in [6, 6.07) is 5.10. The number of benzene rings is 1. The van der Waals surface area contributed by atoms with Crippen LogP contribution in [-0.2, 0) is 12.8 Å². The summed E-state index contributed by atoms with van der Waals surface area (Å²) in [5.41, 5.74) is 7.17. The van der Waals surface area contributed by atoms with Gasteiger partial charge in [-0.15, -0.1) is 11.8 Å². The van der Waals surface area contributed by atoms with Gasteiger partial charge in [-0.1, -0.05) is 0 Å². The van der Waals surface area contributed by atoms with Crippen LogP contribution in [-0.4, -0.2) is 14.9 Å². The van der Waals surface area contributed by atoms with Gasteiger partial charge in [-0.2, -0.15) is 5.10 Å². The number of nitrogens with two attached hydrogens (primary N) is 1. The molecule has 84 valence electrons. The fourth-order valence-corrected chi connectivity index (χ4v) is 2.26. The molecule has 0 fully saturated rings. The molecule has 4 nitrogen and oxygen atoms in total. The van der Waals surface area contributed by atoms with E-state index >= 15 is 0 Å². The van der Waals surface area contributed by atoms with Crippen molar-refractivity contribution in [3.05, 3.63) is 36.2 Å². The molecule has 0 saturated heterocycles. The number of thioether (sulfide) groups is 1. The maximum absolute atomic E-state index is 9.63. The smallest absolute Gasteiger partial charge is 0.119 e. The molecule has 16 heavy (non-hydrogen) atoms.